The Hall–Kier alpha value is 1.12. The molecule has 0 rings (SSSR count). The van der Waals surface area contributed by atoms with Gasteiger partial charge in [0.1, 0.15) is 4.32 Å². The van der Waals surface area contributed by atoms with Crippen molar-refractivity contribution in [2.45, 2.75) is 0 Å². The second kappa shape index (κ2) is 5.12. The molecule has 0 saturated heterocycles. The third kappa shape index (κ3) is 39.6. The van der Waals surface area contributed by atoms with Crippen molar-refractivity contribution in [2.75, 3.05) is 0 Å². The zero-order valence-electron chi connectivity index (χ0n) is 2.64. The molecule has 0 aliphatic heterocycles. The van der Waals surface area contributed by atoms with Gasteiger partial charge in [-0.25, -0.2) is 0 Å². The minimum absolute atomic E-state index is 0. The predicted octanol–water partition coefficient (Wildman–Crippen LogP) is -1.02. The molecule has 1 nitrogen and oxygen atoms in total. The van der Waals surface area contributed by atoms with Crippen molar-refractivity contribution in [3.8, 4) is 0 Å². The molecule has 0 radical (unpaired) electrons. The van der Waals surface area contributed by atoms with Gasteiger partial charge < -0.3 is 5.73 Å². The summed E-state index contributed by atoms with van der Waals surface area (Å²) in [6.45, 7) is 0. The summed E-state index contributed by atoms with van der Waals surface area (Å²) in [6.07, 6.45) is 0. The van der Waals surface area contributed by atoms with Crippen LogP contribution in [0.3, 0.4) is 0 Å². The van der Waals surface area contributed by atoms with Crippen molar-refractivity contribution in [1.82, 2.24) is 0 Å². The van der Waals surface area contributed by atoms with Crippen LogP contribution in [0.2, 0.25) is 0 Å². The molecule has 0 aliphatic rings. The van der Waals surface area contributed by atoms with Crippen LogP contribution in [0, 0.1) is 0 Å². The number of nitrogens with two attached hydrogens (primary N) is 1. The summed E-state index contributed by atoms with van der Waals surface area (Å²) in [5, 5.41) is 0. The van der Waals surface area contributed by atoms with Crippen molar-refractivity contribution in [1.29, 1.82) is 0 Å². The molecule has 0 aromatic carbocycles. The van der Waals surface area contributed by atoms with E-state index in [1.807, 2.05) is 0 Å². The Morgan fingerprint density at radius 3 is 1.80 bits per heavy atom. The van der Waals surface area contributed by atoms with Gasteiger partial charge in [-0.1, -0.05) is 12.2 Å². The molecule has 0 aromatic heterocycles. The van der Waals surface area contributed by atoms with Crippen molar-refractivity contribution >= 4 is 55.4 Å². The van der Waals surface area contributed by atoms with Gasteiger partial charge in [-0.15, -0.1) is 12.6 Å². The summed E-state index contributed by atoms with van der Waals surface area (Å²) >= 11 is 7.65. The molecule has 0 bridgehead atoms. The van der Waals surface area contributed by atoms with E-state index in [1.54, 1.807) is 0 Å². The first-order chi connectivity index (χ1) is 1.73. The van der Waals surface area contributed by atoms with E-state index in [0.717, 1.165) is 0 Å². The third-order valence-electron chi connectivity index (χ3n) is 0. The van der Waals surface area contributed by atoms with Gasteiger partial charge in [0.05, 0.1) is 0 Å². The van der Waals surface area contributed by atoms with Crippen molar-refractivity contribution in [2.24, 2.45) is 5.73 Å². The van der Waals surface area contributed by atoms with E-state index >= 15 is 0 Å². The monoisotopic (exact) mass is 305 g/mol. The standard InChI is InChI=1S/CH3NS2.Bi.3H/c2-1(3)4;;;;/h(H3,2,3,4);;;;. The normalized spacial score (nSPS) is 5.00. The first-order valence-corrected chi connectivity index (χ1v) is 1.57. The third-order valence-corrected chi connectivity index (χ3v) is 0. The molecule has 0 spiro atoms. The average Bonchev–Trinajstić information content (AvgIpc) is 0.811. The Kier molecular flexibility index (Phi) is 9.69. The second-order valence-electron chi connectivity index (χ2n) is 0.338. The van der Waals surface area contributed by atoms with Crippen LogP contribution < -0.4 is 5.73 Å². The van der Waals surface area contributed by atoms with Gasteiger partial charge in [-0.2, -0.15) is 0 Å². The average molecular weight is 305 g/mol. The van der Waals surface area contributed by atoms with E-state index in [-0.39, 0.29) is 30.5 Å². The van der Waals surface area contributed by atoms with Crippen LogP contribution in [0.15, 0.2) is 0 Å². The second-order valence-corrected chi connectivity index (χ2v) is 1.56. The minimum atomic E-state index is 0. The van der Waals surface area contributed by atoms with Gasteiger partial charge in [0.2, 0.25) is 0 Å². The number of rotatable bonds is 0. The summed E-state index contributed by atoms with van der Waals surface area (Å²) in [5.41, 5.74) is 4.71. The fraction of sp³-hybridized carbons (Fsp3) is 0. The molecule has 0 atom stereocenters. The molecule has 0 amide bonds. The summed E-state index contributed by atoms with van der Waals surface area (Å²) < 4.78 is 0.194. The zero-order valence-corrected chi connectivity index (χ0v) is 9.85. The molecule has 0 aromatic rings. The van der Waals surface area contributed by atoms with Gasteiger partial charge in [0.25, 0.3) is 0 Å². The first kappa shape index (κ1) is 9.45. The van der Waals surface area contributed by atoms with Crippen LogP contribution in [-0.2, 0) is 0 Å². The molecule has 0 heterocycles. The van der Waals surface area contributed by atoms with Crippen molar-refractivity contribution in [3.05, 3.63) is 0 Å². The molecule has 0 aliphatic carbocycles. The van der Waals surface area contributed by atoms with Crippen LogP contribution in [0.4, 0.5) is 0 Å². The van der Waals surface area contributed by atoms with Crippen molar-refractivity contribution < 1.29 is 0 Å². The van der Waals surface area contributed by atoms with Gasteiger partial charge in [-0.3, -0.25) is 0 Å². The molecule has 4 heteroatoms. The first-order valence-electron chi connectivity index (χ1n) is 0.716. The maximum absolute atomic E-state index is 4.71. The van der Waals surface area contributed by atoms with Gasteiger partial charge >= 0.3 is 26.2 Å². The molecule has 0 unspecified atom stereocenters. The molecule has 0 saturated carbocycles. The zero-order chi connectivity index (χ0) is 3.58. The van der Waals surface area contributed by atoms with E-state index in [0.29, 0.717) is 0 Å². The summed E-state index contributed by atoms with van der Waals surface area (Å²) in [5.74, 6) is 0. The summed E-state index contributed by atoms with van der Waals surface area (Å²) in [6, 6.07) is 0. The Labute approximate surface area is 60.8 Å². The van der Waals surface area contributed by atoms with Crippen LogP contribution in [0.5, 0.6) is 0 Å². The molecular formula is CH6BiNS2. The Morgan fingerprint density at radius 2 is 1.80 bits per heavy atom. The van der Waals surface area contributed by atoms with Crippen LogP contribution in [0.25, 0.3) is 0 Å². The van der Waals surface area contributed by atoms with E-state index in [9.17, 15) is 0 Å². The molecule has 0 fully saturated rings. The topological polar surface area (TPSA) is 26.0 Å². The Bertz CT molecular complexity index is 32.6. The summed E-state index contributed by atoms with van der Waals surface area (Å²) in [7, 11) is 0. The van der Waals surface area contributed by atoms with Gasteiger partial charge in [0, 0.05) is 0 Å². The van der Waals surface area contributed by atoms with Crippen molar-refractivity contribution in [3.63, 3.8) is 0 Å². The Balaban J connectivity index is 0. The molecular weight excluding hydrogens is 299 g/mol. The summed E-state index contributed by atoms with van der Waals surface area (Å²) in [4.78, 5) is 0. The quantitative estimate of drug-likeness (QED) is 0.340. The van der Waals surface area contributed by atoms with Gasteiger partial charge in [-0.05, 0) is 0 Å². The number of thiol groups is 1. The fourth-order valence-electron chi connectivity index (χ4n) is 0. The number of thiocarbonyl (C=S) groups is 1. The molecule has 32 valence electrons. The van der Waals surface area contributed by atoms with Crippen LogP contribution in [0.1, 0.15) is 0 Å². The van der Waals surface area contributed by atoms with E-state index in [4.69, 9.17) is 5.73 Å². The van der Waals surface area contributed by atoms with E-state index in [1.165, 1.54) is 0 Å². The predicted molar refractivity (Wildman–Crippen MR) is 35.7 cm³/mol. The fourth-order valence-corrected chi connectivity index (χ4v) is 0. The van der Waals surface area contributed by atoms with Crippen LogP contribution in [-0.4, -0.2) is 30.5 Å². The molecule has 5 heavy (non-hydrogen) atoms. The number of hydrogen-bond acceptors (Lipinski definition) is 1. The van der Waals surface area contributed by atoms with Crippen LogP contribution >= 0.6 is 24.8 Å². The SMILES string of the molecule is NC(=S)S.[BiH3]. The van der Waals surface area contributed by atoms with E-state index in [2.05, 4.69) is 24.8 Å². The van der Waals surface area contributed by atoms with Gasteiger partial charge in [0.15, 0.2) is 0 Å². The molecule has 2 N–H and O–H groups in total. The van der Waals surface area contributed by atoms with E-state index < -0.39 is 0 Å². The number of hydrogen-bond donors (Lipinski definition) is 2. The maximum atomic E-state index is 4.71. The Morgan fingerprint density at radius 1 is 1.80 bits per heavy atom.